The van der Waals surface area contributed by atoms with Gasteiger partial charge in [0.1, 0.15) is 5.82 Å². The zero-order valence-electron chi connectivity index (χ0n) is 13.2. The SMILES string of the molecule is C[C@H]1CN(c2nc(Cc3ccccc3)ns2)CCN1C(=O)C(Cl)Cl. The third-order valence-electron chi connectivity index (χ3n) is 4.03. The van der Waals surface area contributed by atoms with Gasteiger partial charge in [0.2, 0.25) is 5.13 Å². The molecule has 8 heteroatoms. The molecule has 0 spiro atoms. The number of hydrogen-bond donors (Lipinski definition) is 0. The smallest absolute Gasteiger partial charge is 0.256 e. The number of rotatable bonds is 4. The van der Waals surface area contributed by atoms with Gasteiger partial charge < -0.3 is 9.80 Å². The lowest BCUT2D eigenvalue weighted by Crippen LogP contribution is -2.55. The number of hydrogen-bond acceptors (Lipinski definition) is 5. The van der Waals surface area contributed by atoms with E-state index in [1.54, 1.807) is 4.90 Å². The Morgan fingerprint density at radius 2 is 2.08 bits per heavy atom. The fourth-order valence-electron chi connectivity index (χ4n) is 2.81. The molecule has 1 saturated heterocycles. The highest BCUT2D eigenvalue weighted by Crippen LogP contribution is 2.23. The van der Waals surface area contributed by atoms with E-state index in [-0.39, 0.29) is 11.9 Å². The number of alkyl halides is 2. The Bertz CT molecular complexity index is 694. The van der Waals surface area contributed by atoms with Crippen LogP contribution in [0.25, 0.3) is 0 Å². The molecule has 0 radical (unpaired) electrons. The Morgan fingerprint density at radius 1 is 1.33 bits per heavy atom. The van der Waals surface area contributed by atoms with E-state index in [4.69, 9.17) is 23.2 Å². The number of halogens is 2. The van der Waals surface area contributed by atoms with E-state index in [2.05, 4.69) is 26.4 Å². The predicted molar refractivity (Wildman–Crippen MR) is 98.0 cm³/mol. The van der Waals surface area contributed by atoms with Crippen molar-refractivity contribution >= 4 is 45.8 Å². The Kier molecular flexibility index (Phi) is 5.58. The van der Waals surface area contributed by atoms with E-state index in [0.29, 0.717) is 19.6 Å². The third-order valence-corrected chi connectivity index (χ3v) is 5.22. The molecule has 1 atom stereocenters. The highest BCUT2D eigenvalue weighted by atomic mass is 35.5. The van der Waals surface area contributed by atoms with Gasteiger partial charge in [-0.2, -0.15) is 4.37 Å². The molecule has 5 nitrogen and oxygen atoms in total. The standard InChI is InChI=1S/C16H18Cl2N4OS/c1-11-10-21(7-8-22(11)15(23)14(17)18)16-19-13(20-24-16)9-12-5-3-2-4-6-12/h2-6,11,14H,7-10H2,1H3/t11-/m0/s1. The summed E-state index contributed by atoms with van der Waals surface area (Å²) in [4.78, 5) is 19.5. The van der Waals surface area contributed by atoms with Crippen LogP contribution in [0.1, 0.15) is 18.3 Å². The first kappa shape index (κ1) is 17.5. The molecule has 3 rings (SSSR count). The van der Waals surface area contributed by atoms with Crippen LogP contribution in [0.15, 0.2) is 30.3 Å². The molecular weight excluding hydrogens is 367 g/mol. The number of anilines is 1. The molecule has 0 aliphatic carbocycles. The van der Waals surface area contributed by atoms with E-state index in [0.717, 1.165) is 17.4 Å². The molecule has 2 heterocycles. The van der Waals surface area contributed by atoms with Gasteiger partial charge in [-0.15, -0.1) is 0 Å². The van der Waals surface area contributed by atoms with E-state index in [1.807, 2.05) is 25.1 Å². The average Bonchev–Trinajstić information content (AvgIpc) is 3.03. The Labute approximate surface area is 155 Å². The molecule has 2 aromatic rings. The predicted octanol–water partition coefficient (Wildman–Crippen LogP) is 2.97. The maximum Gasteiger partial charge on any atom is 0.256 e. The summed E-state index contributed by atoms with van der Waals surface area (Å²) in [6, 6.07) is 10.2. The van der Waals surface area contributed by atoms with Crippen LogP contribution in [0.3, 0.4) is 0 Å². The second kappa shape index (κ2) is 7.68. The highest BCUT2D eigenvalue weighted by molar-refractivity contribution is 7.09. The molecule has 0 bridgehead atoms. The van der Waals surface area contributed by atoms with Gasteiger partial charge in [-0.3, -0.25) is 4.79 Å². The normalized spacial score (nSPS) is 18.2. The van der Waals surface area contributed by atoms with Crippen LogP contribution in [0.4, 0.5) is 5.13 Å². The number of aromatic nitrogens is 2. The van der Waals surface area contributed by atoms with Crippen molar-refractivity contribution in [2.75, 3.05) is 24.5 Å². The van der Waals surface area contributed by atoms with E-state index in [9.17, 15) is 4.79 Å². The fourth-order valence-corrected chi connectivity index (χ4v) is 3.78. The lowest BCUT2D eigenvalue weighted by atomic mass is 10.1. The third kappa shape index (κ3) is 3.99. The lowest BCUT2D eigenvalue weighted by molar-refractivity contribution is -0.131. The fraction of sp³-hybridized carbons (Fsp3) is 0.438. The summed E-state index contributed by atoms with van der Waals surface area (Å²) in [5, 5.41) is 0.896. The minimum absolute atomic E-state index is 0.0349. The van der Waals surface area contributed by atoms with Crippen LogP contribution in [0, 0.1) is 0 Å². The van der Waals surface area contributed by atoms with Crippen molar-refractivity contribution in [3.8, 4) is 0 Å². The minimum atomic E-state index is -1.00. The zero-order valence-corrected chi connectivity index (χ0v) is 15.6. The van der Waals surface area contributed by atoms with Crippen molar-refractivity contribution in [1.82, 2.24) is 14.3 Å². The van der Waals surface area contributed by atoms with Crippen molar-refractivity contribution in [3.05, 3.63) is 41.7 Å². The summed E-state index contributed by atoms with van der Waals surface area (Å²) in [6.45, 7) is 3.98. The number of carbonyl (C=O) groups excluding carboxylic acids is 1. The number of amides is 1. The van der Waals surface area contributed by atoms with E-state index >= 15 is 0 Å². The van der Waals surface area contributed by atoms with Crippen LogP contribution in [-0.4, -0.2) is 50.7 Å². The van der Waals surface area contributed by atoms with Crippen molar-refractivity contribution in [3.63, 3.8) is 0 Å². The molecule has 1 aliphatic rings. The summed E-state index contributed by atoms with van der Waals surface area (Å²) in [6.07, 6.45) is 0.728. The summed E-state index contributed by atoms with van der Waals surface area (Å²) >= 11 is 12.8. The summed E-state index contributed by atoms with van der Waals surface area (Å²) in [7, 11) is 0. The monoisotopic (exact) mass is 384 g/mol. The van der Waals surface area contributed by atoms with Gasteiger partial charge in [-0.1, -0.05) is 53.5 Å². The average molecular weight is 385 g/mol. The minimum Gasteiger partial charge on any atom is -0.343 e. The number of benzene rings is 1. The molecule has 1 aliphatic heterocycles. The Balaban J connectivity index is 1.63. The first-order chi connectivity index (χ1) is 11.5. The highest BCUT2D eigenvalue weighted by Gasteiger charge is 2.31. The number of carbonyl (C=O) groups is 1. The maximum atomic E-state index is 12.0. The van der Waals surface area contributed by atoms with Gasteiger partial charge in [0.25, 0.3) is 5.91 Å². The van der Waals surface area contributed by atoms with Gasteiger partial charge in [0.05, 0.1) is 0 Å². The molecular formula is C16H18Cl2N4OS. The summed E-state index contributed by atoms with van der Waals surface area (Å²) in [5.41, 5.74) is 1.20. The molecule has 1 fully saturated rings. The zero-order chi connectivity index (χ0) is 17.1. The molecule has 1 aromatic carbocycles. The molecule has 1 amide bonds. The van der Waals surface area contributed by atoms with Gasteiger partial charge in [0, 0.05) is 43.6 Å². The van der Waals surface area contributed by atoms with Crippen LogP contribution < -0.4 is 4.90 Å². The molecule has 0 N–H and O–H groups in total. The van der Waals surface area contributed by atoms with Crippen LogP contribution in [0.2, 0.25) is 0 Å². The van der Waals surface area contributed by atoms with Crippen molar-refractivity contribution < 1.29 is 4.79 Å². The van der Waals surface area contributed by atoms with E-state index < -0.39 is 4.84 Å². The Hall–Kier alpha value is -1.37. The van der Waals surface area contributed by atoms with Crippen molar-refractivity contribution in [2.45, 2.75) is 24.2 Å². The maximum absolute atomic E-state index is 12.0. The van der Waals surface area contributed by atoms with Gasteiger partial charge >= 0.3 is 0 Å². The second-order valence-corrected chi connectivity index (χ2v) is 7.61. The molecule has 128 valence electrons. The summed E-state index contributed by atoms with van der Waals surface area (Å²) < 4.78 is 4.46. The summed E-state index contributed by atoms with van der Waals surface area (Å²) in [5.74, 6) is 0.599. The largest absolute Gasteiger partial charge is 0.343 e. The first-order valence-corrected chi connectivity index (χ1v) is 9.39. The van der Waals surface area contributed by atoms with Crippen LogP contribution in [-0.2, 0) is 11.2 Å². The van der Waals surface area contributed by atoms with Gasteiger partial charge in [0.15, 0.2) is 4.84 Å². The van der Waals surface area contributed by atoms with Gasteiger partial charge in [-0.25, -0.2) is 4.98 Å². The molecule has 0 saturated carbocycles. The van der Waals surface area contributed by atoms with Crippen LogP contribution >= 0.6 is 34.7 Å². The topological polar surface area (TPSA) is 49.3 Å². The number of piperazine rings is 1. The molecule has 0 unspecified atom stereocenters. The number of nitrogens with zero attached hydrogens (tertiary/aromatic N) is 4. The second-order valence-electron chi connectivity index (χ2n) is 5.78. The Morgan fingerprint density at radius 3 is 2.75 bits per heavy atom. The van der Waals surface area contributed by atoms with E-state index in [1.165, 1.54) is 17.1 Å². The lowest BCUT2D eigenvalue weighted by Gasteiger charge is -2.39. The van der Waals surface area contributed by atoms with Gasteiger partial charge in [-0.05, 0) is 12.5 Å². The quantitative estimate of drug-likeness (QED) is 0.760. The van der Waals surface area contributed by atoms with Crippen molar-refractivity contribution in [2.24, 2.45) is 0 Å². The molecule has 24 heavy (non-hydrogen) atoms. The first-order valence-electron chi connectivity index (χ1n) is 7.74. The van der Waals surface area contributed by atoms with Crippen molar-refractivity contribution in [1.29, 1.82) is 0 Å². The molecule has 1 aromatic heterocycles. The van der Waals surface area contributed by atoms with Crippen LogP contribution in [0.5, 0.6) is 0 Å².